The maximum absolute atomic E-state index is 5.27. The lowest BCUT2D eigenvalue weighted by Gasteiger charge is -2.25. The molecule has 4 heteroatoms. The zero-order chi connectivity index (χ0) is 10.2. The Morgan fingerprint density at radius 2 is 2.36 bits per heavy atom. The summed E-state index contributed by atoms with van der Waals surface area (Å²) in [6.07, 6.45) is 2.69. The van der Waals surface area contributed by atoms with Crippen LogP contribution in [0, 0.1) is 0 Å². The Bertz CT molecular complexity index is 133. The zero-order valence-electron chi connectivity index (χ0n) is 9.21. The highest BCUT2D eigenvalue weighted by atomic mass is 16.5. The van der Waals surface area contributed by atoms with Gasteiger partial charge in [-0.2, -0.15) is 0 Å². The molecule has 1 saturated heterocycles. The van der Waals surface area contributed by atoms with Crippen LogP contribution in [0.4, 0.5) is 0 Å². The van der Waals surface area contributed by atoms with Gasteiger partial charge in [0.05, 0.1) is 12.7 Å². The quantitative estimate of drug-likeness (QED) is 0.636. The molecular formula is C10H22N2O2. The van der Waals surface area contributed by atoms with Crippen LogP contribution < -0.4 is 10.6 Å². The van der Waals surface area contributed by atoms with E-state index in [9.17, 15) is 0 Å². The van der Waals surface area contributed by atoms with Crippen molar-refractivity contribution >= 4 is 0 Å². The average Bonchev–Trinajstić information content (AvgIpc) is 2.25. The molecule has 2 unspecified atom stereocenters. The summed E-state index contributed by atoms with van der Waals surface area (Å²) in [5, 5.41) is 6.86. The predicted octanol–water partition coefficient (Wildman–Crippen LogP) is -0.0106. The van der Waals surface area contributed by atoms with Crippen molar-refractivity contribution in [3.63, 3.8) is 0 Å². The standard InChI is InChI=1S/C10H22N2O2/c1-13-8-10(14-2)7-12-9-4-3-5-11-6-9/h9-12H,3-8H2,1-2H3. The molecule has 1 fully saturated rings. The van der Waals surface area contributed by atoms with E-state index in [4.69, 9.17) is 9.47 Å². The van der Waals surface area contributed by atoms with Crippen LogP contribution in [-0.4, -0.2) is 52.6 Å². The monoisotopic (exact) mass is 202 g/mol. The molecule has 1 aliphatic rings. The molecule has 0 bridgehead atoms. The number of nitrogens with one attached hydrogen (secondary N) is 2. The van der Waals surface area contributed by atoms with Gasteiger partial charge in [-0.3, -0.25) is 0 Å². The molecule has 0 aromatic carbocycles. The molecule has 2 N–H and O–H groups in total. The molecule has 0 spiro atoms. The van der Waals surface area contributed by atoms with Crippen molar-refractivity contribution < 1.29 is 9.47 Å². The first-order chi connectivity index (χ1) is 6.86. The maximum atomic E-state index is 5.27. The Kier molecular flexibility index (Phi) is 6.10. The summed E-state index contributed by atoms with van der Waals surface area (Å²) >= 11 is 0. The van der Waals surface area contributed by atoms with Crippen LogP contribution in [-0.2, 0) is 9.47 Å². The van der Waals surface area contributed by atoms with E-state index in [-0.39, 0.29) is 6.10 Å². The van der Waals surface area contributed by atoms with Crippen molar-refractivity contribution in [1.82, 2.24) is 10.6 Å². The van der Waals surface area contributed by atoms with E-state index in [1.807, 2.05) is 0 Å². The first-order valence-electron chi connectivity index (χ1n) is 5.32. The summed E-state index contributed by atoms with van der Waals surface area (Å²) in [7, 11) is 3.43. The fraction of sp³-hybridized carbons (Fsp3) is 1.00. The minimum Gasteiger partial charge on any atom is -0.382 e. The van der Waals surface area contributed by atoms with Gasteiger partial charge in [0.1, 0.15) is 0 Å². The molecule has 4 nitrogen and oxygen atoms in total. The normalized spacial score (nSPS) is 24.9. The highest BCUT2D eigenvalue weighted by Gasteiger charge is 2.14. The van der Waals surface area contributed by atoms with Crippen molar-refractivity contribution in [1.29, 1.82) is 0 Å². The molecule has 0 aromatic rings. The lowest BCUT2D eigenvalue weighted by Crippen LogP contribution is -2.46. The summed E-state index contributed by atoms with van der Waals surface area (Å²) in [5.74, 6) is 0. The van der Waals surface area contributed by atoms with Crippen LogP contribution in [0.25, 0.3) is 0 Å². The van der Waals surface area contributed by atoms with E-state index >= 15 is 0 Å². The predicted molar refractivity (Wildman–Crippen MR) is 56.6 cm³/mol. The fourth-order valence-corrected chi connectivity index (χ4v) is 1.72. The summed E-state index contributed by atoms with van der Waals surface area (Å²) < 4.78 is 10.3. The van der Waals surface area contributed by atoms with Crippen molar-refractivity contribution in [2.45, 2.75) is 25.0 Å². The Morgan fingerprint density at radius 3 is 2.93 bits per heavy atom. The molecule has 84 valence electrons. The lowest BCUT2D eigenvalue weighted by atomic mass is 10.1. The molecule has 1 heterocycles. The second kappa shape index (κ2) is 7.17. The van der Waals surface area contributed by atoms with Gasteiger partial charge in [-0.25, -0.2) is 0 Å². The molecule has 0 amide bonds. The first kappa shape index (κ1) is 11.9. The Hall–Kier alpha value is -0.160. The maximum Gasteiger partial charge on any atom is 0.0928 e. The third-order valence-electron chi connectivity index (χ3n) is 2.62. The minimum absolute atomic E-state index is 0.168. The van der Waals surface area contributed by atoms with Gasteiger partial charge in [-0.15, -0.1) is 0 Å². The largest absolute Gasteiger partial charge is 0.382 e. The summed E-state index contributed by atoms with van der Waals surface area (Å²) in [6.45, 7) is 3.76. The summed E-state index contributed by atoms with van der Waals surface area (Å²) in [5.41, 5.74) is 0. The van der Waals surface area contributed by atoms with Crippen LogP contribution in [0.15, 0.2) is 0 Å². The van der Waals surface area contributed by atoms with E-state index in [2.05, 4.69) is 10.6 Å². The number of ether oxygens (including phenoxy) is 2. The molecule has 1 rings (SSSR count). The summed E-state index contributed by atoms with van der Waals surface area (Å²) in [6, 6.07) is 0.596. The zero-order valence-corrected chi connectivity index (χ0v) is 9.21. The molecule has 0 aliphatic carbocycles. The van der Waals surface area contributed by atoms with E-state index in [0.717, 1.165) is 19.6 Å². The second-order valence-electron chi connectivity index (χ2n) is 3.76. The van der Waals surface area contributed by atoms with Crippen LogP contribution in [0.1, 0.15) is 12.8 Å². The fourth-order valence-electron chi connectivity index (χ4n) is 1.72. The highest BCUT2D eigenvalue weighted by Crippen LogP contribution is 2.01. The van der Waals surface area contributed by atoms with Gasteiger partial charge < -0.3 is 20.1 Å². The number of piperidine rings is 1. The van der Waals surface area contributed by atoms with Crippen LogP contribution in [0.2, 0.25) is 0 Å². The van der Waals surface area contributed by atoms with Crippen LogP contribution >= 0.6 is 0 Å². The van der Waals surface area contributed by atoms with Gasteiger partial charge in [0.25, 0.3) is 0 Å². The van der Waals surface area contributed by atoms with E-state index < -0.39 is 0 Å². The minimum atomic E-state index is 0.168. The third-order valence-corrected chi connectivity index (χ3v) is 2.62. The van der Waals surface area contributed by atoms with Crippen molar-refractivity contribution in [2.24, 2.45) is 0 Å². The molecule has 0 aromatic heterocycles. The van der Waals surface area contributed by atoms with Crippen LogP contribution in [0.5, 0.6) is 0 Å². The average molecular weight is 202 g/mol. The number of hydrogen-bond acceptors (Lipinski definition) is 4. The summed E-state index contributed by atoms with van der Waals surface area (Å²) in [4.78, 5) is 0. The van der Waals surface area contributed by atoms with E-state index in [1.165, 1.54) is 12.8 Å². The Morgan fingerprint density at radius 1 is 1.50 bits per heavy atom. The number of hydrogen-bond donors (Lipinski definition) is 2. The topological polar surface area (TPSA) is 42.5 Å². The van der Waals surface area contributed by atoms with Crippen molar-refractivity contribution in [3.8, 4) is 0 Å². The lowest BCUT2D eigenvalue weighted by molar-refractivity contribution is 0.0269. The van der Waals surface area contributed by atoms with Gasteiger partial charge in [0.2, 0.25) is 0 Å². The van der Waals surface area contributed by atoms with Crippen molar-refractivity contribution in [2.75, 3.05) is 40.5 Å². The van der Waals surface area contributed by atoms with E-state index in [0.29, 0.717) is 12.6 Å². The molecular weight excluding hydrogens is 180 g/mol. The van der Waals surface area contributed by atoms with E-state index in [1.54, 1.807) is 14.2 Å². The van der Waals surface area contributed by atoms with Gasteiger partial charge >= 0.3 is 0 Å². The molecule has 0 radical (unpaired) electrons. The number of methoxy groups -OCH3 is 2. The first-order valence-corrected chi connectivity index (χ1v) is 5.32. The second-order valence-corrected chi connectivity index (χ2v) is 3.76. The SMILES string of the molecule is COCC(CNC1CCCNC1)OC. The Labute approximate surface area is 86.3 Å². The highest BCUT2D eigenvalue weighted by molar-refractivity contribution is 4.76. The number of rotatable bonds is 6. The third kappa shape index (κ3) is 4.37. The van der Waals surface area contributed by atoms with Gasteiger partial charge in [-0.1, -0.05) is 0 Å². The molecule has 0 saturated carbocycles. The van der Waals surface area contributed by atoms with Crippen LogP contribution in [0.3, 0.4) is 0 Å². The molecule has 1 aliphatic heterocycles. The smallest absolute Gasteiger partial charge is 0.0928 e. The van der Waals surface area contributed by atoms with Crippen molar-refractivity contribution in [3.05, 3.63) is 0 Å². The van der Waals surface area contributed by atoms with Gasteiger partial charge in [0, 0.05) is 33.4 Å². The Balaban J connectivity index is 2.10. The molecule has 2 atom stereocenters. The van der Waals surface area contributed by atoms with Gasteiger partial charge in [0.15, 0.2) is 0 Å². The molecule has 14 heavy (non-hydrogen) atoms. The van der Waals surface area contributed by atoms with Gasteiger partial charge in [-0.05, 0) is 19.4 Å².